The van der Waals surface area contributed by atoms with Crippen LogP contribution >= 0.6 is 12.2 Å². The molecule has 78 valence electrons. The van der Waals surface area contributed by atoms with E-state index in [1.807, 2.05) is 0 Å². The van der Waals surface area contributed by atoms with Gasteiger partial charge in [-0.25, -0.2) is 4.98 Å². The fourth-order valence-corrected chi connectivity index (χ4v) is 1.28. The molecule has 0 saturated carbocycles. The second-order valence-electron chi connectivity index (χ2n) is 2.98. The van der Waals surface area contributed by atoms with Gasteiger partial charge in [-0.05, 0) is 6.92 Å². The lowest BCUT2D eigenvalue weighted by molar-refractivity contribution is 0.454. The molecule has 2 heterocycles. The number of hydrogen-bond acceptors (Lipinski definition) is 3. The standard InChI is InChI=1S/C8H5F2N3OS/c1-3-2-13-5(10)4(9)6(14)11-8(13)12-7(3)15/h2H,1H3,(H,11,12,14,15). The number of rotatable bonds is 0. The Kier molecular flexibility index (Phi) is 2.11. The van der Waals surface area contributed by atoms with E-state index in [1.54, 1.807) is 6.92 Å². The summed E-state index contributed by atoms with van der Waals surface area (Å²) in [6.07, 6.45) is 1.28. The fraction of sp³-hybridized carbons (Fsp3) is 0.125. The van der Waals surface area contributed by atoms with Gasteiger partial charge in [-0.3, -0.25) is 14.2 Å². The van der Waals surface area contributed by atoms with Crippen molar-refractivity contribution < 1.29 is 8.78 Å². The summed E-state index contributed by atoms with van der Waals surface area (Å²) in [6.45, 7) is 1.62. The minimum absolute atomic E-state index is 0.116. The molecule has 0 aliphatic heterocycles. The van der Waals surface area contributed by atoms with Gasteiger partial charge in [-0.15, -0.1) is 0 Å². The summed E-state index contributed by atoms with van der Waals surface area (Å²) in [4.78, 5) is 16.7. The van der Waals surface area contributed by atoms with Gasteiger partial charge in [0.2, 0.25) is 17.5 Å². The second kappa shape index (κ2) is 3.20. The normalized spacial score (nSPS) is 10.9. The quantitative estimate of drug-likeness (QED) is 0.548. The van der Waals surface area contributed by atoms with Gasteiger partial charge in [-0.2, -0.15) is 8.78 Å². The van der Waals surface area contributed by atoms with Crippen LogP contribution in [0.15, 0.2) is 11.0 Å². The Morgan fingerprint density at radius 3 is 2.87 bits per heavy atom. The van der Waals surface area contributed by atoms with Gasteiger partial charge in [0.15, 0.2) is 0 Å². The maximum Gasteiger partial charge on any atom is 0.291 e. The summed E-state index contributed by atoms with van der Waals surface area (Å²) in [7, 11) is 0. The molecule has 2 aromatic rings. The molecule has 2 rings (SSSR count). The predicted octanol–water partition coefficient (Wildman–Crippen LogP) is 1.34. The number of H-pyrrole nitrogens is 1. The molecule has 15 heavy (non-hydrogen) atoms. The maximum absolute atomic E-state index is 13.3. The first-order valence-corrected chi connectivity index (χ1v) is 4.39. The third-order valence-electron chi connectivity index (χ3n) is 1.91. The van der Waals surface area contributed by atoms with E-state index in [2.05, 4.69) is 9.97 Å². The first-order valence-electron chi connectivity index (χ1n) is 3.98. The van der Waals surface area contributed by atoms with E-state index in [9.17, 15) is 13.6 Å². The van der Waals surface area contributed by atoms with Gasteiger partial charge in [0.1, 0.15) is 4.64 Å². The Balaban J connectivity index is 3.06. The molecule has 1 N–H and O–H groups in total. The van der Waals surface area contributed by atoms with Crippen molar-refractivity contribution in [3.63, 3.8) is 0 Å². The predicted molar refractivity (Wildman–Crippen MR) is 51.3 cm³/mol. The molecule has 0 aromatic carbocycles. The molecule has 0 amide bonds. The van der Waals surface area contributed by atoms with Crippen molar-refractivity contribution in [2.24, 2.45) is 0 Å². The Bertz CT molecular complexity index is 656. The van der Waals surface area contributed by atoms with Crippen LogP contribution in [0.1, 0.15) is 5.56 Å². The zero-order chi connectivity index (χ0) is 11.2. The molecular weight excluding hydrogens is 224 g/mol. The SMILES string of the molecule is Cc1cn2c(F)c(F)c(=O)[nH]c2nc1=S. The highest BCUT2D eigenvalue weighted by atomic mass is 32.1. The van der Waals surface area contributed by atoms with E-state index in [1.165, 1.54) is 6.20 Å². The van der Waals surface area contributed by atoms with Crippen LogP contribution in [0, 0.1) is 23.3 Å². The van der Waals surface area contributed by atoms with Crippen molar-refractivity contribution >= 4 is 18.0 Å². The molecule has 0 radical (unpaired) electrons. The summed E-state index contributed by atoms with van der Waals surface area (Å²) in [5, 5.41) is 0. The lowest BCUT2D eigenvalue weighted by Gasteiger charge is -2.03. The molecule has 0 aliphatic carbocycles. The Morgan fingerprint density at radius 2 is 2.20 bits per heavy atom. The van der Waals surface area contributed by atoms with E-state index in [-0.39, 0.29) is 10.4 Å². The van der Waals surface area contributed by atoms with Gasteiger partial charge in [0, 0.05) is 11.8 Å². The zero-order valence-corrected chi connectivity index (χ0v) is 8.36. The molecule has 0 aliphatic rings. The van der Waals surface area contributed by atoms with Crippen molar-refractivity contribution in [1.29, 1.82) is 0 Å². The highest BCUT2D eigenvalue weighted by Gasteiger charge is 2.12. The van der Waals surface area contributed by atoms with Gasteiger partial charge >= 0.3 is 0 Å². The topological polar surface area (TPSA) is 50.2 Å². The van der Waals surface area contributed by atoms with Crippen LogP contribution in [0.3, 0.4) is 0 Å². The van der Waals surface area contributed by atoms with Gasteiger partial charge in [-0.1, -0.05) is 12.2 Å². The highest BCUT2D eigenvalue weighted by molar-refractivity contribution is 7.71. The summed E-state index contributed by atoms with van der Waals surface area (Å²) in [6, 6.07) is 0. The maximum atomic E-state index is 13.3. The van der Waals surface area contributed by atoms with Gasteiger partial charge in [0.25, 0.3) is 5.56 Å². The zero-order valence-electron chi connectivity index (χ0n) is 7.54. The molecule has 0 atom stereocenters. The van der Waals surface area contributed by atoms with Crippen molar-refractivity contribution in [2.75, 3.05) is 0 Å². The van der Waals surface area contributed by atoms with E-state index in [0.29, 0.717) is 5.56 Å². The average Bonchev–Trinajstić information content (AvgIpc) is 2.19. The first kappa shape index (κ1) is 9.91. The number of aromatic nitrogens is 3. The average molecular weight is 229 g/mol. The fourth-order valence-electron chi connectivity index (χ4n) is 1.14. The molecule has 2 aromatic heterocycles. The van der Waals surface area contributed by atoms with Crippen LogP contribution in [-0.2, 0) is 0 Å². The lowest BCUT2D eigenvalue weighted by atomic mass is 10.4. The summed E-state index contributed by atoms with van der Waals surface area (Å²) in [5.74, 6) is -2.86. The number of nitrogens with one attached hydrogen (secondary N) is 1. The van der Waals surface area contributed by atoms with E-state index >= 15 is 0 Å². The number of aromatic amines is 1. The number of fused-ring (bicyclic) bond motifs is 1. The van der Waals surface area contributed by atoms with Crippen molar-refractivity contribution in [3.8, 4) is 0 Å². The van der Waals surface area contributed by atoms with Crippen molar-refractivity contribution in [3.05, 3.63) is 38.5 Å². The number of halogens is 2. The minimum atomic E-state index is -1.47. The van der Waals surface area contributed by atoms with Crippen LogP contribution in [0.4, 0.5) is 8.78 Å². The second-order valence-corrected chi connectivity index (χ2v) is 3.37. The van der Waals surface area contributed by atoms with Crippen LogP contribution in [0.25, 0.3) is 5.78 Å². The van der Waals surface area contributed by atoms with E-state index < -0.39 is 17.3 Å². The molecule has 0 fully saturated rings. The smallest absolute Gasteiger partial charge is 0.289 e. The van der Waals surface area contributed by atoms with Crippen molar-refractivity contribution in [2.45, 2.75) is 6.92 Å². The van der Waals surface area contributed by atoms with Crippen LogP contribution in [0.2, 0.25) is 0 Å². The van der Waals surface area contributed by atoms with Crippen LogP contribution in [-0.4, -0.2) is 14.4 Å². The minimum Gasteiger partial charge on any atom is -0.289 e. The van der Waals surface area contributed by atoms with Crippen LogP contribution in [0.5, 0.6) is 0 Å². The Labute approximate surface area is 87.2 Å². The third-order valence-corrected chi connectivity index (χ3v) is 2.33. The molecule has 0 unspecified atom stereocenters. The number of aryl methyl sites for hydroxylation is 1. The van der Waals surface area contributed by atoms with E-state index in [4.69, 9.17) is 12.2 Å². The van der Waals surface area contributed by atoms with Crippen molar-refractivity contribution in [1.82, 2.24) is 14.4 Å². The van der Waals surface area contributed by atoms with Crippen LogP contribution < -0.4 is 5.56 Å². The summed E-state index contributed by atoms with van der Waals surface area (Å²) >= 11 is 4.84. The van der Waals surface area contributed by atoms with Gasteiger partial charge in [0.05, 0.1) is 0 Å². The summed E-state index contributed by atoms with van der Waals surface area (Å²) < 4.78 is 27.2. The Morgan fingerprint density at radius 1 is 1.53 bits per heavy atom. The molecule has 7 heteroatoms. The monoisotopic (exact) mass is 229 g/mol. The molecule has 0 bridgehead atoms. The lowest BCUT2D eigenvalue weighted by Crippen LogP contribution is -2.18. The number of hydrogen-bond donors (Lipinski definition) is 1. The van der Waals surface area contributed by atoms with E-state index in [0.717, 1.165) is 4.40 Å². The summed E-state index contributed by atoms with van der Waals surface area (Å²) in [5.41, 5.74) is -0.633. The highest BCUT2D eigenvalue weighted by Crippen LogP contribution is 2.05. The first-order chi connectivity index (χ1) is 7.00. The Hall–Kier alpha value is -1.63. The molecular formula is C8H5F2N3OS. The molecule has 0 spiro atoms. The van der Waals surface area contributed by atoms with Gasteiger partial charge < -0.3 is 0 Å². The largest absolute Gasteiger partial charge is 0.291 e. The molecule has 0 saturated heterocycles. The third kappa shape index (κ3) is 1.44. The number of nitrogens with zero attached hydrogens (tertiary/aromatic N) is 2. The molecule has 4 nitrogen and oxygen atoms in total.